The number of aliphatic hydroxyl groups is 1. The Bertz CT molecular complexity index is 267. The van der Waals surface area contributed by atoms with E-state index in [1.54, 1.807) is 0 Å². The molecule has 1 rings (SSSR count). The summed E-state index contributed by atoms with van der Waals surface area (Å²) in [5.74, 6) is -0.0262. The molecule has 1 saturated carbocycles. The average Bonchev–Trinajstić information content (AvgIpc) is 2.32. The lowest BCUT2D eigenvalue weighted by molar-refractivity contribution is -0.122. The average molecular weight is 256 g/mol. The van der Waals surface area contributed by atoms with Gasteiger partial charge < -0.3 is 15.7 Å². The highest BCUT2D eigenvalue weighted by Crippen LogP contribution is 2.39. The van der Waals surface area contributed by atoms with E-state index < -0.39 is 5.60 Å². The van der Waals surface area contributed by atoms with Crippen LogP contribution in [0.5, 0.6) is 0 Å². The highest BCUT2D eigenvalue weighted by molar-refractivity contribution is 5.78. The summed E-state index contributed by atoms with van der Waals surface area (Å²) in [7, 11) is 0. The van der Waals surface area contributed by atoms with Gasteiger partial charge in [-0.2, -0.15) is 0 Å². The topological polar surface area (TPSA) is 61.4 Å². The Morgan fingerprint density at radius 2 is 1.83 bits per heavy atom. The third-order valence-electron chi connectivity index (χ3n) is 3.86. The van der Waals surface area contributed by atoms with E-state index in [1.807, 2.05) is 0 Å². The van der Waals surface area contributed by atoms with Crippen LogP contribution in [-0.2, 0) is 4.79 Å². The third kappa shape index (κ3) is 5.36. The molecule has 0 aromatic heterocycles. The van der Waals surface area contributed by atoms with Gasteiger partial charge in [0.25, 0.3) is 0 Å². The van der Waals surface area contributed by atoms with E-state index >= 15 is 0 Å². The SMILES string of the molecule is CCCNCC(=O)NCC1(O)CCC(C)(C)CC1. The number of amides is 1. The van der Waals surface area contributed by atoms with Gasteiger partial charge in [0.15, 0.2) is 0 Å². The monoisotopic (exact) mass is 256 g/mol. The minimum atomic E-state index is -0.698. The maximum atomic E-state index is 11.5. The Hall–Kier alpha value is -0.610. The number of nitrogens with one attached hydrogen (secondary N) is 2. The number of carbonyl (C=O) groups is 1. The smallest absolute Gasteiger partial charge is 0.234 e. The Kier molecular flexibility index (Phi) is 5.60. The molecule has 0 atom stereocenters. The minimum absolute atomic E-state index is 0.0262. The third-order valence-corrected chi connectivity index (χ3v) is 3.86. The normalized spacial score (nSPS) is 21.6. The van der Waals surface area contributed by atoms with E-state index in [-0.39, 0.29) is 5.91 Å². The Balaban J connectivity index is 2.24. The fourth-order valence-corrected chi connectivity index (χ4v) is 2.27. The summed E-state index contributed by atoms with van der Waals surface area (Å²) in [5, 5.41) is 16.3. The van der Waals surface area contributed by atoms with Crippen LogP contribution in [0.15, 0.2) is 0 Å². The molecule has 0 aliphatic heterocycles. The molecule has 0 saturated heterocycles. The predicted octanol–water partition coefficient (Wildman–Crippen LogP) is 1.43. The molecule has 1 fully saturated rings. The first-order valence-electron chi connectivity index (χ1n) is 7.07. The molecule has 106 valence electrons. The zero-order valence-electron chi connectivity index (χ0n) is 12.0. The van der Waals surface area contributed by atoms with Gasteiger partial charge in [-0.25, -0.2) is 0 Å². The highest BCUT2D eigenvalue weighted by atomic mass is 16.3. The van der Waals surface area contributed by atoms with E-state index in [9.17, 15) is 9.90 Å². The second-order valence-corrected chi connectivity index (χ2v) is 6.34. The van der Waals surface area contributed by atoms with Gasteiger partial charge in [-0.1, -0.05) is 20.8 Å². The minimum Gasteiger partial charge on any atom is -0.388 e. The Labute approximate surface area is 111 Å². The zero-order valence-corrected chi connectivity index (χ0v) is 12.0. The van der Waals surface area contributed by atoms with Crippen molar-refractivity contribution in [2.45, 2.75) is 58.5 Å². The number of carbonyl (C=O) groups excluding carboxylic acids is 1. The predicted molar refractivity (Wildman–Crippen MR) is 73.4 cm³/mol. The molecule has 1 aliphatic rings. The molecule has 4 nitrogen and oxygen atoms in total. The van der Waals surface area contributed by atoms with Crippen molar-refractivity contribution in [3.05, 3.63) is 0 Å². The molecule has 0 spiro atoms. The number of hydrogen-bond donors (Lipinski definition) is 3. The lowest BCUT2D eigenvalue weighted by Crippen LogP contribution is -2.48. The largest absolute Gasteiger partial charge is 0.388 e. The van der Waals surface area contributed by atoms with Crippen molar-refractivity contribution < 1.29 is 9.90 Å². The van der Waals surface area contributed by atoms with E-state index in [0.717, 1.165) is 38.6 Å². The second kappa shape index (κ2) is 6.53. The summed E-state index contributed by atoms with van der Waals surface area (Å²) < 4.78 is 0. The van der Waals surface area contributed by atoms with E-state index in [2.05, 4.69) is 31.4 Å². The quantitative estimate of drug-likeness (QED) is 0.630. The van der Waals surface area contributed by atoms with Crippen LogP contribution in [0.4, 0.5) is 0 Å². The maximum absolute atomic E-state index is 11.5. The van der Waals surface area contributed by atoms with Crippen LogP contribution in [0.1, 0.15) is 52.9 Å². The van der Waals surface area contributed by atoms with Crippen molar-refractivity contribution in [1.82, 2.24) is 10.6 Å². The molecule has 0 aromatic carbocycles. The van der Waals surface area contributed by atoms with Gasteiger partial charge in [0.1, 0.15) is 0 Å². The molecule has 0 unspecified atom stereocenters. The Morgan fingerprint density at radius 3 is 2.39 bits per heavy atom. The van der Waals surface area contributed by atoms with Crippen LogP contribution in [-0.4, -0.2) is 36.2 Å². The van der Waals surface area contributed by atoms with Gasteiger partial charge in [-0.05, 0) is 44.1 Å². The number of rotatable bonds is 6. The molecule has 0 aromatic rings. The summed E-state index contributed by atoms with van der Waals surface area (Å²) in [5.41, 5.74) is -0.366. The second-order valence-electron chi connectivity index (χ2n) is 6.34. The fraction of sp³-hybridized carbons (Fsp3) is 0.929. The Morgan fingerprint density at radius 1 is 1.22 bits per heavy atom. The van der Waals surface area contributed by atoms with Crippen molar-refractivity contribution in [1.29, 1.82) is 0 Å². The lowest BCUT2D eigenvalue weighted by Gasteiger charge is -2.40. The van der Waals surface area contributed by atoms with Crippen LogP contribution in [0.2, 0.25) is 0 Å². The fourth-order valence-electron chi connectivity index (χ4n) is 2.27. The van der Waals surface area contributed by atoms with Crippen molar-refractivity contribution in [3.8, 4) is 0 Å². The molecular weight excluding hydrogens is 228 g/mol. The summed E-state index contributed by atoms with van der Waals surface area (Å²) in [6.45, 7) is 8.12. The molecule has 3 N–H and O–H groups in total. The summed E-state index contributed by atoms with van der Waals surface area (Å²) in [6.07, 6.45) is 4.62. The van der Waals surface area contributed by atoms with Crippen LogP contribution < -0.4 is 10.6 Å². The van der Waals surface area contributed by atoms with E-state index in [1.165, 1.54) is 0 Å². The summed E-state index contributed by atoms with van der Waals surface area (Å²) in [4.78, 5) is 11.5. The van der Waals surface area contributed by atoms with Crippen molar-refractivity contribution in [3.63, 3.8) is 0 Å². The first kappa shape index (κ1) is 15.4. The zero-order chi connectivity index (χ0) is 13.6. The first-order chi connectivity index (χ1) is 8.37. The van der Waals surface area contributed by atoms with Crippen molar-refractivity contribution in [2.24, 2.45) is 5.41 Å². The molecule has 0 bridgehead atoms. The number of hydrogen-bond acceptors (Lipinski definition) is 3. The van der Waals surface area contributed by atoms with Crippen LogP contribution >= 0.6 is 0 Å². The van der Waals surface area contributed by atoms with Crippen molar-refractivity contribution >= 4 is 5.91 Å². The van der Waals surface area contributed by atoms with Gasteiger partial charge in [0.05, 0.1) is 12.1 Å². The molecular formula is C14H28N2O2. The van der Waals surface area contributed by atoms with Gasteiger partial charge >= 0.3 is 0 Å². The van der Waals surface area contributed by atoms with Crippen molar-refractivity contribution in [2.75, 3.05) is 19.6 Å². The molecule has 0 radical (unpaired) electrons. The van der Waals surface area contributed by atoms with Crippen LogP contribution in [0, 0.1) is 5.41 Å². The molecule has 4 heteroatoms. The first-order valence-corrected chi connectivity index (χ1v) is 7.07. The molecule has 1 aliphatic carbocycles. The van der Waals surface area contributed by atoms with Gasteiger partial charge in [-0.15, -0.1) is 0 Å². The lowest BCUT2D eigenvalue weighted by atomic mass is 9.71. The van der Waals surface area contributed by atoms with Crippen LogP contribution in [0.3, 0.4) is 0 Å². The highest BCUT2D eigenvalue weighted by Gasteiger charge is 2.36. The maximum Gasteiger partial charge on any atom is 0.234 e. The van der Waals surface area contributed by atoms with Crippen LogP contribution in [0.25, 0.3) is 0 Å². The summed E-state index contributed by atoms with van der Waals surface area (Å²) >= 11 is 0. The van der Waals surface area contributed by atoms with Gasteiger partial charge in [0, 0.05) is 6.54 Å². The van der Waals surface area contributed by atoms with E-state index in [0.29, 0.717) is 18.5 Å². The standard InChI is InChI=1S/C14H28N2O2/c1-4-9-15-10-12(17)16-11-14(18)7-5-13(2,3)6-8-14/h15,18H,4-11H2,1-3H3,(H,16,17). The van der Waals surface area contributed by atoms with E-state index in [4.69, 9.17) is 0 Å². The van der Waals surface area contributed by atoms with Gasteiger partial charge in [-0.3, -0.25) is 4.79 Å². The van der Waals surface area contributed by atoms with Gasteiger partial charge in [0.2, 0.25) is 5.91 Å². The molecule has 1 amide bonds. The molecule has 0 heterocycles. The molecule has 18 heavy (non-hydrogen) atoms. The summed E-state index contributed by atoms with van der Waals surface area (Å²) in [6, 6.07) is 0.